The zero-order valence-corrected chi connectivity index (χ0v) is 13.0. The zero-order chi connectivity index (χ0) is 16.8. The highest BCUT2D eigenvalue weighted by molar-refractivity contribution is 6.01. The van der Waals surface area contributed by atoms with Gasteiger partial charge in [0.1, 0.15) is 0 Å². The minimum absolute atomic E-state index is 0.221. The summed E-state index contributed by atoms with van der Waals surface area (Å²) in [5.41, 5.74) is 2.70. The van der Waals surface area contributed by atoms with Crippen LogP contribution in [0.5, 0.6) is 0 Å². The lowest BCUT2D eigenvalue weighted by Crippen LogP contribution is -2.14. The van der Waals surface area contributed by atoms with Gasteiger partial charge in [0.05, 0.1) is 5.56 Å². The summed E-state index contributed by atoms with van der Waals surface area (Å²) in [6, 6.07) is 25.6. The highest BCUT2D eigenvalue weighted by atomic mass is 16.5. The minimum Gasteiger partial charge on any atom is -0.454 e. The van der Waals surface area contributed by atoms with E-state index in [0.29, 0.717) is 11.1 Å². The van der Waals surface area contributed by atoms with Crippen molar-refractivity contribution in [3.63, 3.8) is 0 Å². The first-order chi connectivity index (χ1) is 11.8. The number of carbonyl (C=O) groups excluding carboxylic acids is 2. The average Bonchev–Trinajstić information content (AvgIpc) is 2.67. The number of hydrogen-bond donors (Lipinski definition) is 0. The van der Waals surface area contributed by atoms with Crippen LogP contribution in [0.15, 0.2) is 84.9 Å². The van der Waals surface area contributed by atoms with Gasteiger partial charge in [0.15, 0.2) is 12.4 Å². The van der Waals surface area contributed by atoms with Crippen LogP contribution in [0, 0.1) is 0 Å². The molecule has 0 spiro atoms. The van der Waals surface area contributed by atoms with Crippen molar-refractivity contribution in [3.05, 3.63) is 96.1 Å². The smallest absolute Gasteiger partial charge is 0.339 e. The van der Waals surface area contributed by atoms with E-state index in [2.05, 4.69) is 0 Å². The number of ketones is 1. The van der Waals surface area contributed by atoms with Crippen LogP contribution in [0.1, 0.15) is 20.7 Å². The van der Waals surface area contributed by atoms with Crippen molar-refractivity contribution in [2.24, 2.45) is 0 Å². The molecule has 24 heavy (non-hydrogen) atoms. The second-order valence-corrected chi connectivity index (χ2v) is 5.28. The van der Waals surface area contributed by atoms with Crippen LogP contribution in [-0.4, -0.2) is 18.4 Å². The van der Waals surface area contributed by atoms with Crippen molar-refractivity contribution < 1.29 is 14.3 Å². The quantitative estimate of drug-likeness (QED) is 0.518. The Morgan fingerprint density at radius 1 is 0.708 bits per heavy atom. The molecule has 0 amide bonds. The Balaban J connectivity index is 1.76. The summed E-state index contributed by atoms with van der Waals surface area (Å²) < 4.78 is 5.22. The minimum atomic E-state index is -0.501. The van der Waals surface area contributed by atoms with Gasteiger partial charge in [0.2, 0.25) is 0 Å². The predicted octanol–water partition coefficient (Wildman–Crippen LogP) is 4.39. The molecule has 0 aliphatic rings. The average molecular weight is 316 g/mol. The van der Waals surface area contributed by atoms with Crippen LogP contribution in [0.3, 0.4) is 0 Å². The maximum atomic E-state index is 12.4. The molecule has 0 heterocycles. The first kappa shape index (κ1) is 15.7. The van der Waals surface area contributed by atoms with E-state index in [-0.39, 0.29) is 12.4 Å². The topological polar surface area (TPSA) is 43.4 Å². The van der Waals surface area contributed by atoms with Crippen LogP contribution in [0.2, 0.25) is 0 Å². The number of carbonyl (C=O) groups is 2. The molecule has 0 radical (unpaired) electrons. The standard InChI is InChI=1S/C21H16O3/c22-20(17-11-5-2-6-12-17)15-24-21(23)19-14-8-7-13-18(19)16-9-3-1-4-10-16/h1-14H,15H2. The van der Waals surface area contributed by atoms with Crippen molar-refractivity contribution >= 4 is 11.8 Å². The molecular formula is C21H16O3. The van der Waals surface area contributed by atoms with Crippen molar-refractivity contribution in [2.75, 3.05) is 6.61 Å². The van der Waals surface area contributed by atoms with E-state index in [1.165, 1.54) is 0 Å². The third kappa shape index (κ3) is 3.58. The summed E-state index contributed by atoms with van der Waals surface area (Å²) >= 11 is 0. The molecule has 3 aromatic rings. The monoisotopic (exact) mass is 316 g/mol. The Hall–Kier alpha value is -3.20. The van der Waals surface area contributed by atoms with E-state index in [9.17, 15) is 9.59 Å². The molecule has 0 atom stereocenters. The number of ether oxygens (including phenoxy) is 1. The van der Waals surface area contributed by atoms with Gasteiger partial charge in [-0.25, -0.2) is 4.79 Å². The fourth-order valence-electron chi connectivity index (χ4n) is 2.45. The van der Waals surface area contributed by atoms with Gasteiger partial charge in [-0.3, -0.25) is 4.79 Å². The largest absolute Gasteiger partial charge is 0.454 e. The summed E-state index contributed by atoms with van der Waals surface area (Å²) in [5, 5.41) is 0. The third-order valence-electron chi connectivity index (χ3n) is 3.66. The maximum absolute atomic E-state index is 12.4. The molecule has 0 saturated carbocycles. The Kier molecular flexibility index (Phi) is 4.82. The number of Topliss-reactive ketones (excluding diaryl/α,β-unsaturated/α-hetero) is 1. The molecule has 3 heteroatoms. The first-order valence-electron chi connectivity index (χ1n) is 7.65. The number of rotatable bonds is 5. The van der Waals surface area contributed by atoms with Crippen molar-refractivity contribution in [1.29, 1.82) is 0 Å². The van der Waals surface area contributed by atoms with E-state index in [1.807, 2.05) is 48.5 Å². The second kappa shape index (κ2) is 7.38. The van der Waals surface area contributed by atoms with Gasteiger partial charge in [-0.05, 0) is 17.2 Å². The molecule has 3 rings (SSSR count). The molecule has 0 aromatic heterocycles. The van der Waals surface area contributed by atoms with Crippen LogP contribution >= 0.6 is 0 Å². The van der Waals surface area contributed by atoms with Crippen molar-refractivity contribution in [1.82, 2.24) is 0 Å². The van der Waals surface area contributed by atoms with E-state index in [1.54, 1.807) is 36.4 Å². The summed E-state index contributed by atoms with van der Waals surface area (Å²) in [6.45, 7) is -0.272. The van der Waals surface area contributed by atoms with Crippen LogP contribution < -0.4 is 0 Å². The van der Waals surface area contributed by atoms with E-state index < -0.39 is 5.97 Å². The molecule has 0 aliphatic carbocycles. The summed E-state index contributed by atoms with van der Waals surface area (Å²) in [4.78, 5) is 24.5. The van der Waals surface area contributed by atoms with Crippen LogP contribution in [0.4, 0.5) is 0 Å². The summed E-state index contributed by atoms with van der Waals surface area (Å²) in [6.07, 6.45) is 0. The van der Waals surface area contributed by atoms with Gasteiger partial charge in [0.25, 0.3) is 0 Å². The van der Waals surface area contributed by atoms with E-state index in [4.69, 9.17) is 4.74 Å². The summed E-state index contributed by atoms with van der Waals surface area (Å²) in [5.74, 6) is -0.722. The lowest BCUT2D eigenvalue weighted by Gasteiger charge is -2.09. The fourth-order valence-corrected chi connectivity index (χ4v) is 2.45. The second-order valence-electron chi connectivity index (χ2n) is 5.28. The Morgan fingerprint density at radius 3 is 2.00 bits per heavy atom. The lowest BCUT2D eigenvalue weighted by atomic mass is 10.00. The summed E-state index contributed by atoms with van der Waals surface area (Å²) in [7, 11) is 0. The number of esters is 1. The number of benzene rings is 3. The Bertz CT molecular complexity index is 839. The van der Waals surface area contributed by atoms with Crippen molar-refractivity contribution in [3.8, 4) is 11.1 Å². The highest BCUT2D eigenvalue weighted by Gasteiger charge is 2.15. The highest BCUT2D eigenvalue weighted by Crippen LogP contribution is 2.24. The van der Waals surface area contributed by atoms with E-state index >= 15 is 0 Å². The predicted molar refractivity (Wildman–Crippen MR) is 92.9 cm³/mol. The fraction of sp³-hybridized carbons (Fsp3) is 0.0476. The molecule has 0 aliphatic heterocycles. The molecule has 3 aromatic carbocycles. The molecular weight excluding hydrogens is 300 g/mol. The molecule has 0 unspecified atom stereocenters. The van der Waals surface area contributed by atoms with Crippen molar-refractivity contribution in [2.45, 2.75) is 0 Å². The van der Waals surface area contributed by atoms with E-state index in [0.717, 1.165) is 11.1 Å². The number of hydrogen-bond acceptors (Lipinski definition) is 3. The van der Waals surface area contributed by atoms with Gasteiger partial charge in [-0.1, -0.05) is 78.9 Å². The molecule has 0 saturated heterocycles. The SMILES string of the molecule is O=C(COC(=O)c1ccccc1-c1ccccc1)c1ccccc1. The first-order valence-corrected chi connectivity index (χ1v) is 7.65. The third-order valence-corrected chi connectivity index (χ3v) is 3.66. The van der Waals surface area contributed by atoms with Crippen LogP contribution in [-0.2, 0) is 4.74 Å². The van der Waals surface area contributed by atoms with Gasteiger partial charge in [-0.15, -0.1) is 0 Å². The maximum Gasteiger partial charge on any atom is 0.339 e. The zero-order valence-electron chi connectivity index (χ0n) is 13.0. The molecule has 0 fully saturated rings. The van der Waals surface area contributed by atoms with Gasteiger partial charge in [0, 0.05) is 5.56 Å². The molecule has 0 bridgehead atoms. The normalized spacial score (nSPS) is 10.2. The van der Waals surface area contributed by atoms with Crippen LogP contribution in [0.25, 0.3) is 11.1 Å². The van der Waals surface area contributed by atoms with Gasteiger partial charge >= 0.3 is 5.97 Å². The molecule has 0 N–H and O–H groups in total. The van der Waals surface area contributed by atoms with Gasteiger partial charge < -0.3 is 4.74 Å². The lowest BCUT2D eigenvalue weighted by molar-refractivity contribution is 0.0475. The Labute approximate surface area is 140 Å². The molecule has 118 valence electrons. The molecule has 3 nitrogen and oxygen atoms in total. The van der Waals surface area contributed by atoms with Gasteiger partial charge in [-0.2, -0.15) is 0 Å². The Morgan fingerprint density at radius 2 is 1.29 bits per heavy atom.